The SMILES string of the molecule is Cc1nc(S(=O)(=O)N2CCNCC23CCCCC3)cn1C. The molecule has 1 saturated carbocycles. The van der Waals surface area contributed by atoms with Crippen LogP contribution in [0.5, 0.6) is 0 Å². The molecule has 1 aliphatic carbocycles. The van der Waals surface area contributed by atoms with Gasteiger partial charge in [0, 0.05) is 38.4 Å². The van der Waals surface area contributed by atoms with Gasteiger partial charge < -0.3 is 9.88 Å². The lowest BCUT2D eigenvalue weighted by Gasteiger charge is -2.48. The number of aryl methyl sites for hydroxylation is 2. The highest BCUT2D eigenvalue weighted by atomic mass is 32.2. The predicted octanol–water partition coefficient (Wildman–Crippen LogP) is 1.03. The van der Waals surface area contributed by atoms with Crippen LogP contribution in [0.25, 0.3) is 0 Å². The van der Waals surface area contributed by atoms with E-state index in [1.54, 1.807) is 15.1 Å². The van der Waals surface area contributed by atoms with Crippen molar-refractivity contribution in [2.45, 2.75) is 49.6 Å². The third kappa shape index (κ3) is 2.51. The van der Waals surface area contributed by atoms with Crippen LogP contribution in [0.15, 0.2) is 11.2 Å². The predicted molar refractivity (Wildman–Crippen MR) is 80.5 cm³/mol. The van der Waals surface area contributed by atoms with Crippen molar-refractivity contribution in [2.24, 2.45) is 7.05 Å². The molecule has 21 heavy (non-hydrogen) atoms. The van der Waals surface area contributed by atoms with Crippen LogP contribution in [0.2, 0.25) is 0 Å². The molecule has 2 fully saturated rings. The molecule has 1 spiro atoms. The van der Waals surface area contributed by atoms with E-state index in [4.69, 9.17) is 0 Å². The Labute approximate surface area is 126 Å². The van der Waals surface area contributed by atoms with Gasteiger partial charge in [-0.2, -0.15) is 4.31 Å². The molecule has 2 aliphatic rings. The molecule has 0 bridgehead atoms. The van der Waals surface area contributed by atoms with E-state index < -0.39 is 10.0 Å². The topological polar surface area (TPSA) is 67.2 Å². The highest BCUT2D eigenvalue weighted by molar-refractivity contribution is 7.89. The molecule has 118 valence electrons. The summed E-state index contributed by atoms with van der Waals surface area (Å²) in [7, 11) is -1.68. The van der Waals surface area contributed by atoms with E-state index >= 15 is 0 Å². The quantitative estimate of drug-likeness (QED) is 0.885. The molecule has 2 heterocycles. The van der Waals surface area contributed by atoms with Gasteiger partial charge in [-0.25, -0.2) is 13.4 Å². The molecule has 0 aromatic carbocycles. The van der Waals surface area contributed by atoms with Gasteiger partial charge in [-0.05, 0) is 19.8 Å². The largest absolute Gasteiger partial charge is 0.337 e. The van der Waals surface area contributed by atoms with Gasteiger partial charge in [-0.15, -0.1) is 0 Å². The second-order valence-corrected chi connectivity index (χ2v) is 8.09. The smallest absolute Gasteiger partial charge is 0.262 e. The number of nitrogens with zero attached hydrogens (tertiary/aromatic N) is 3. The van der Waals surface area contributed by atoms with Crippen LogP contribution < -0.4 is 5.32 Å². The van der Waals surface area contributed by atoms with Gasteiger partial charge >= 0.3 is 0 Å². The van der Waals surface area contributed by atoms with E-state index in [-0.39, 0.29) is 10.6 Å². The minimum atomic E-state index is -3.51. The molecule has 1 saturated heterocycles. The number of hydrogen-bond acceptors (Lipinski definition) is 4. The van der Waals surface area contributed by atoms with E-state index in [1.165, 1.54) is 6.42 Å². The number of hydrogen-bond donors (Lipinski definition) is 1. The fourth-order valence-electron chi connectivity index (χ4n) is 3.60. The third-order valence-corrected chi connectivity index (χ3v) is 6.78. The van der Waals surface area contributed by atoms with Crippen LogP contribution in [0.4, 0.5) is 0 Å². The van der Waals surface area contributed by atoms with Crippen molar-refractivity contribution < 1.29 is 8.42 Å². The van der Waals surface area contributed by atoms with E-state index in [2.05, 4.69) is 10.3 Å². The normalized spacial score (nSPS) is 23.5. The Bertz CT molecular complexity index is 589. The monoisotopic (exact) mass is 312 g/mol. The summed E-state index contributed by atoms with van der Waals surface area (Å²) in [6.07, 6.45) is 6.95. The summed E-state index contributed by atoms with van der Waals surface area (Å²) in [6.45, 7) is 3.84. The maximum absolute atomic E-state index is 13.0. The Hall–Kier alpha value is -0.920. The number of rotatable bonds is 2. The molecular formula is C14H24N4O2S. The first kappa shape index (κ1) is 15.0. The average molecular weight is 312 g/mol. The second kappa shape index (κ2) is 5.37. The summed E-state index contributed by atoms with van der Waals surface area (Å²) in [6, 6.07) is 0. The molecule has 0 amide bonds. The first-order chi connectivity index (χ1) is 9.96. The Kier molecular flexibility index (Phi) is 3.83. The van der Waals surface area contributed by atoms with Crippen molar-refractivity contribution in [1.82, 2.24) is 19.2 Å². The first-order valence-corrected chi connectivity index (χ1v) is 9.13. The van der Waals surface area contributed by atoms with Gasteiger partial charge in [0.05, 0.1) is 0 Å². The molecule has 0 radical (unpaired) electrons. The van der Waals surface area contributed by atoms with Crippen LogP contribution >= 0.6 is 0 Å². The first-order valence-electron chi connectivity index (χ1n) is 7.69. The van der Waals surface area contributed by atoms with Gasteiger partial charge in [0.2, 0.25) is 0 Å². The number of piperazine rings is 1. The number of imidazole rings is 1. The average Bonchev–Trinajstić information content (AvgIpc) is 2.81. The molecule has 0 unspecified atom stereocenters. The number of aromatic nitrogens is 2. The summed E-state index contributed by atoms with van der Waals surface area (Å²) >= 11 is 0. The molecule has 7 heteroatoms. The standard InChI is InChI=1S/C14H24N4O2S/c1-12-16-13(10-17(12)2)21(19,20)18-9-8-15-11-14(18)6-4-3-5-7-14/h10,15H,3-9,11H2,1-2H3. The fraction of sp³-hybridized carbons (Fsp3) is 0.786. The fourth-order valence-corrected chi connectivity index (χ4v) is 5.45. The Balaban J connectivity index is 1.99. The van der Waals surface area contributed by atoms with Crippen LogP contribution in [0.3, 0.4) is 0 Å². The Morgan fingerprint density at radius 3 is 2.62 bits per heavy atom. The Morgan fingerprint density at radius 1 is 1.29 bits per heavy atom. The number of sulfonamides is 1. The van der Waals surface area contributed by atoms with E-state index in [1.807, 2.05) is 14.0 Å². The van der Waals surface area contributed by atoms with Gasteiger partial charge in [-0.1, -0.05) is 19.3 Å². The zero-order valence-electron chi connectivity index (χ0n) is 12.8. The van der Waals surface area contributed by atoms with Crippen LogP contribution in [-0.2, 0) is 17.1 Å². The van der Waals surface area contributed by atoms with Crippen molar-refractivity contribution in [3.8, 4) is 0 Å². The molecule has 3 rings (SSSR count). The molecule has 1 N–H and O–H groups in total. The van der Waals surface area contributed by atoms with Crippen LogP contribution in [0.1, 0.15) is 37.9 Å². The van der Waals surface area contributed by atoms with Crippen molar-refractivity contribution in [2.75, 3.05) is 19.6 Å². The molecule has 1 aromatic rings. The van der Waals surface area contributed by atoms with Gasteiger partial charge in [0.1, 0.15) is 5.82 Å². The summed E-state index contributed by atoms with van der Waals surface area (Å²) in [5.41, 5.74) is -0.249. The van der Waals surface area contributed by atoms with E-state index in [0.29, 0.717) is 13.1 Å². The maximum Gasteiger partial charge on any atom is 0.262 e. The highest BCUT2D eigenvalue weighted by Gasteiger charge is 2.46. The number of nitrogens with one attached hydrogen (secondary N) is 1. The van der Waals surface area contributed by atoms with Gasteiger partial charge in [0.15, 0.2) is 5.03 Å². The van der Waals surface area contributed by atoms with E-state index in [9.17, 15) is 8.42 Å². The van der Waals surface area contributed by atoms with Gasteiger partial charge in [-0.3, -0.25) is 0 Å². The maximum atomic E-state index is 13.0. The van der Waals surface area contributed by atoms with Crippen molar-refractivity contribution in [1.29, 1.82) is 0 Å². The lowest BCUT2D eigenvalue weighted by Crippen LogP contribution is -2.63. The highest BCUT2D eigenvalue weighted by Crippen LogP contribution is 2.37. The summed E-state index contributed by atoms with van der Waals surface area (Å²) in [5.74, 6) is 0.724. The van der Waals surface area contributed by atoms with Crippen molar-refractivity contribution in [3.63, 3.8) is 0 Å². The minimum Gasteiger partial charge on any atom is -0.337 e. The molecule has 1 aliphatic heterocycles. The summed E-state index contributed by atoms with van der Waals surface area (Å²) in [5, 5.41) is 3.57. The van der Waals surface area contributed by atoms with Crippen LogP contribution in [-0.4, -0.2) is 47.4 Å². The molecule has 6 nitrogen and oxygen atoms in total. The second-order valence-electron chi connectivity index (χ2n) is 6.28. The molecular weight excluding hydrogens is 288 g/mol. The summed E-state index contributed by atoms with van der Waals surface area (Å²) in [4.78, 5) is 4.25. The Morgan fingerprint density at radius 2 is 2.00 bits per heavy atom. The van der Waals surface area contributed by atoms with Gasteiger partial charge in [0.25, 0.3) is 10.0 Å². The summed E-state index contributed by atoms with van der Waals surface area (Å²) < 4.78 is 29.6. The molecule has 0 atom stereocenters. The van der Waals surface area contributed by atoms with E-state index in [0.717, 1.165) is 38.1 Å². The zero-order chi connectivity index (χ0) is 15.1. The lowest BCUT2D eigenvalue weighted by molar-refractivity contribution is 0.101. The van der Waals surface area contributed by atoms with Crippen molar-refractivity contribution in [3.05, 3.63) is 12.0 Å². The zero-order valence-corrected chi connectivity index (χ0v) is 13.6. The third-order valence-electron chi connectivity index (χ3n) is 4.90. The molecule has 1 aromatic heterocycles. The lowest BCUT2D eigenvalue weighted by atomic mass is 9.80. The minimum absolute atomic E-state index is 0.189. The van der Waals surface area contributed by atoms with Crippen LogP contribution in [0, 0.1) is 6.92 Å². The van der Waals surface area contributed by atoms with Crippen molar-refractivity contribution >= 4 is 10.0 Å².